The molecule has 0 saturated heterocycles. The fourth-order valence-electron chi connectivity index (χ4n) is 1.97. The van der Waals surface area contributed by atoms with Gasteiger partial charge in [-0.15, -0.1) is 0 Å². The fraction of sp³-hybridized carbons (Fsp3) is 0.417. The summed E-state index contributed by atoms with van der Waals surface area (Å²) >= 11 is 3.41. The average Bonchev–Trinajstić information content (AvgIpc) is 3.10. The summed E-state index contributed by atoms with van der Waals surface area (Å²) in [5.41, 5.74) is 0.909. The first-order chi connectivity index (χ1) is 7.75. The van der Waals surface area contributed by atoms with Gasteiger partial charge in [0.2, 0.25) is 5.91 Å². The van der Waals surface area contributed by atoms with Crippen LogP contribution in [0.2, 0.25) is 0 Å². The molecule has 3 nitrogen and oxygen atoms in total. The zero-order valence-corrected chi connectivity index (χ0v) is 10.4. The van der Waals surface area contributed by atoms with Crippen molar-refractivity contribution in [3.8, 4) is 5.75 Å². The zero-order valence-electron chi connectivity index (χ0n) is 8.78. The van der Waals surface area contributed by atoms with E-state index >= 15 is 0 Å². The minimum Gasteiger partial charge on any atom is -0.489 e. The highest BCUT2D eigenvalue weighted by atomic mass is 79.9. The van der Waals surface area contributed by atoms with Gasteiger partial charge >= 0.3 is 0 Å². The highest BCUT2D eigenvalue weighted by molar-refractivity contribution is 9.10. The van der Waals surface area contributed by atoms with Gasteiger partial charge in [0.05, 0.1) is 12.2 Å². The van der Waals surface area contributed by atoms with Crippen LogP contribution in [-0.4, -0.2) is 19.1 Å². The number of carbonyl (C=O) groups excluding carboxylic acids is 1. The molecule has 0 atom stereocenters. The van der Waals surface area contributed by atoms with Gasteiger partial charge in [-0.1, -0.05) is 15.9 Å². The van der Waals surface area contributed by atoms with Crippen LogP contribution in [0.25, 0.3) is 0 Å². The Morgan fingerprint density at radius 3 is 3.00 bits per heavy atom. The van der Waals surface area contributed by atoms with Crippen LogP contribution in [0.15, 0.2) is 22.7 Å². The molecule has 0 aromatic heterocycles. The summed E-state index contributed by atoms with van der Waals surface area (Å²) in [6, 6.07) is 5.81. The highest BCUT2D eigenvalue weighted by Crippen LogP contribution is 2.38. The van der Waals surface area contributed by atoms with Crippen molar-refractivity contribution in [1.82, 2.24) is 0 Å². The van der Waals surface area contributed by atoms with E-state index < -0.39 is 0 Å². The quantitative estimate of drug-likeness (QED) is 0.792. The summed E-state index contributed by atoms with van der Waals surface area (Å²) in [5.74, 6) is 1.32. The van der Waals surface area contributed by atoms with E-state index in [0.29, 0.717) is 13.2 Å². The first-order valence-electron chi connectivity index (χ1n) is 5.49. The number of nitrogens with zero attached hydrogens (tertiary/aromatic N) is 1. The predicted octanol–water partition coefficient (Wildman–Crippen LogP) is 2.58. The number of rotatable bonds is 1. The number of ether oxygens (including phenoxy) is 1. The molecule has 1 amide bonds. The van der Waals surface area contributed by atoms with E-state index in [2.05, 4.69) is 15.9 Å². The second-order valence-corrected chi connectivity index (χ2v) is 5.14. The third-order valence-corrected chi connectivity index (χ3v) is 3.47. The molecule has 0 unspecified atom stereocenters. The molecule has 2 aliphatic rings. The van der Waals surface area contributed by atoms with Crippen molar-refractivity contribution in [3.05, 3.63) is 22.7 Å². The standard InChI is InChI=1S/C12H12BrNO2/c13-9-3-4-10-11(7-9)16-6-5-14(10)12(15)8-1-2-8/h3-4,7-8H,1-2,5-6H2. The Morgan fingerprint density at radius 1 is 1.44 bits per heavy atom. The minimum absolute atomic E-state index is 0.256. The molecule has 4 heteroatoms. The third-order valence-electron chi connectivity index (χ3n) is 2.98. The Morgan fingerprint density at radius 2 is 2.25 bits per heavy atom. The highest BCUT2D eigenvalue weighted by Gasteiger charge is 2.35. The summed E-state index contributed by atoms with van der Waals surface area (Å²) < 4.78 is 6.54. The molecule has 1 saturated carbocycles. The van der Waals surface area contributed by atoms with Crippen LogP contribution < -0.4 is 9.64 Å². The van der Waals surface area contributed by atoms with Gasteiger partial charge in [0.1, 0.15) is 12.4 Å². The van der Waals surface area contributed by atoms with Gasteiger partial charge in [0.25, 0.3) is 0 Å². The molecule has 1 aliphatic heterocycles. The second kappa shape index (κ2) is 3.77. The van der Waals surface area contributed by atoms with Crippen molar-refractivity contribution in [2.24, 2.45) is 5.92 Å². The topological polar surface area (TPSA) is 29.5 Å². The maximum absolute atomic E-state index is 12.1. The molecule has 0 bridgehead atoms. The summed E-state index contributed by atoms with van der Waals surface area (Å²) in [6.07, 6.45) is 2.09. The van der Waals surface area contributed by atoms with Gasteiger partial charge in [-0.25, -0.2) is 0 Å². The molecule has 1 fully saturated rings. The summed E-state index contributed by atoms with van der Waals surface area (Å²) in [4.78, 5) is 13.9. The van der Waals surface area contributed by atoms with E-state index in [9.17, 15) is 4.79 Å². The summed E-state index contributed by atoms with van der Waals surface area (Å²) in [7, 11) is 0. The lowest BCUT2D eigenvalue weighted by Gasteiger charge is -2.29. The van der Waals surface area contributed by atoms with E-state index in [1.165, 1.54) is 0 Å². The number of hydrogen-bond donors (Lipinski definition) is 0. The lowest BCUT2D eigenvalue weighted by Crippen LogP contribution is -2.38. The van der Waals surface area contributed by atoms with E-state index in [0.717, 1.165) is 28.8 Å². The van der Waals surface area contributed by atoms with Crippen molar-refractivity contribution in [2.45, 2.75) is 12.8 Å². The molecule has 1 aromatic carbocycles. The predicted molar refractivity (Wildman–Crippen MR) is 64.7 cm³/mol. The van der Waals surface area contributed by atoms with Crippen molar-refractivity contribution >= 4 is 27.5 Å². The lowest BCUT2D eigenvalue weighted by molar-refractivity contribution is -0.120. The van der Waals surface area contributed by atoms with Gasteiger partial charge in [0.15, 0.2) is 0 Å². The fourth-order valence-corrected chi connectivity index (χ4v) is 2.31. The van der Waals surface area contributed by atoms with Crippen LogP contribution in [-0.2, 0) is 4.79 Å². The molecule has 16 heavy (non-hydrogen) atoms. The number of amides is 1. The number of carbonyl (C=O) groups is 1. The summed E-state index contributed by atoms with van der Waals surface area (Å²) in [6.45, 7) is 1.26. The molecule has 3 rings (SSSR count). The average molecular weight is 282 g/mol. The third kappa shape index (κ3) is 1.71. The Kier molecular flexibility index (Phi) is 2.39. The number of halogens is 1. The molecule has 1 aromatic rings. The van der Waals surface area contributed by atoms with Gasteiger partial charge in [0, 0.05) is 10.4 Å². The number of anilines is 1. The number of hydrogen-bond acceptors (Lipinski definition) is 2. The maximum Gasteiger partial charge on any atom is 0.230 e. The smallest absolute Gasteiger partial charge is 0.230 e. The number of benzene rings is 1. The van der Waals surface area contributed by atoms with Gasteiger partial charge in [-0.2, -0.15) is 0 Å². The van der Waals surface area contributed by atoms with Crippen LogP contribution in [0.5, 0.6) is 5.75 Å². The number of fused-ring (bicyclic) bond motifs is 1. The molecule has 84 valence electrons. The van der Waals surface area contributed by atoms with Crippen LogP contribution >= 0.6 is 15.9 Å². The van der Waals surface area contributed by atoms with Crippen LogP contribution in [0.1, 0.15) is 12.8 Å². The van der Waals surface area contributed by atoms with Crippen LogP contribution in [0, 0.1) is 5.92 Å². The van der Waals surface area contributed by atoms with Crippen LogP contribution in [0.4, 0.5) is 5.69 Å². The molecule has 0 N–H and O–H groups in total. The minimum atomic E-state index is 0.256. The first-order valence-corrected chi connectivity index (χ1v) is 6.29. The monoisotopic (exact) mass is 281 g/mol. The Bertz CT molecular complexity index is 443. The molecule has 1 heterocycles. The molecule has 0 radical (unpaired) electrons. The van der Waals surface area contributed by atoms with Crippen molar-refractivity contribution in [2.75, 3.05) is 18.1 Å². The molecule has 1 aliphatic carbocycles. The van der Waals surface area contributed by atoms with E-state index in [1.807, 2.05) is 23.1 Å². The van der Waals surface area contributed by atoms with Crippen molar-refractivity contribution < 1.29 is 9.53 Å². The van der Waals surface area contributed by atoms with Crippen molar-refractivity contribution in [1.29, 1.82) is 0 Å². The maximum atomic E-state index is 12.1. The first kappa shape index (κ1) is 10.1. The van der Waals surface area contributed by atoms with Crippen LogP contribution in [0.3, 0.4) is 0 Å². The van der Waals surface area contributed by atoms with E-state index in [4.69, 9.17) is 4.74 Å². The Hall–Kier alpha value is -1.03. The Labute approximate surface area is 103 Å². The largest absolute Gasteiger partial charge is 0.489 e. The van der Waals surface area contributed by atoms with Crippen molar-refractivity contribution in [3.63, 3.8) is 0 Å². The molecule has 0 spiro atoms. The Balaban J connectivity index is 1.95. The molecular weight excluding hydrogens is 270 g/mol. The normalized spacial score (nSPS) is 18.9. The summed E-state index contributed by atoms with van der Waals surface area (Å²) in [5, 5.41) is 0. The van der Waals surface area contributed by atoms with E-state index in [-0.39, 0.29) is 11.8 Å². The van der Waals surface area contributed by atoms with Gasteiger partial charge in [-0.05, 0) is 31.0 Å². The zero-order chi connectivity index (χ0) is 11.1. The second-order valence-electron chi connectivity index (χ2n) is 4.22. The lowest BCUT2D eigenvalue weighted by atomic mass is 10.2. The SMILES string of the molecule is O=C(C1CC1)N1CCOc2cc(Br)ccc21. The molecular formula is C12H12BrNO2. The van der Waals surface area contributed by atoms with Gasteiger partial charge in [-0.3, -0.25) is 4.79 Å². The van der Waals surface area contributed by atoms with E-state index in [1.54, 1.807) is 0 Å². The van der Waals surface area contributed by atoms with Gasteiger partial charge < -0.3 is 9.64 Å².